The van der Waals surface area contributed by atoms with Crippen molar-refractivity contribution in [3.05, 3.63) is 29.6 Å². The van der Waals surface area contributed by atoms with Gasteiger partial charge in [0.2, 0.25) is 5.91 Å². The van der Waals surface area contributed by atoms with E-state index in [4.69, 9.17) is 0 Å². The number of carbonyl (C=O) groups excluding carboxylic acids is 1. The zero-order chi connectivity index (χ0) is 17.2. The number of fused-ring (bicyclic) bond motifs is 1. The van der Waals surface area contributed by atoms with E-state index in [0.717, 1.165) is 35.6 Å². The van der Waals surface area contributed by atoms with Crippen molar-refractivity contribution in [3.63, 3.8) is 0 Å². The first-order valence-electron chi connectivity index (χ1n) is 8.60. The van der Waals surface area contributed by atoms with Crippen molar-refractivity contribution in [3.8, 4) is 11.5 Å². The largest absolute Gasteiger partial charge is 0.326 e. The molecule has 3 heterocycles. The van der Waals surface area contributed by atoms with Gasteiger partial charge in [0.25, 0.3) is 0 Å². The van der Waals surface area contributed by atoms with E-state index in [9.17, 15) is 4.79 Å². The number of carbonyl (C=O) groups is 1. The number of aromatic nitrogens is 3. The second-order valence-corrected chi connectivity index (χ2v) is 7.26. The molecule has 0 aliphatic carbocycles. The Bertz CT molecular complexity index is 894. The predicted molar refractivity (Wildman–Crippen MR) is 101 cm³/mol. The maximum Gasteiger partial charge on any atom is 0.240 e. The summed E-state index contributed by atoms with van der Waals surface area (Å²) in [5.74, 6) is 0.821. The molecule has 1 aliphatic rings. The maximum absolute atomic E-state index is 12.2. The maximum atomic E-state index is 12.2. The van der Waals surface area contributed by atoms with Gasteiger partial charge in [0.1, 0.15) is 5.69 Å². The van der Waals surface area contributed by atoms with Gasteiger partial charge in [-0.05, 0) is 38.1 Å². The summed E-state index contributed by atoms with van der Waals surface area (Å²) in [4.78, 5) is 23.6. The number of rotatable bonds is 4. The van der Waals surface area contributed by atoms with Crippen LogP contribution in [0.15, 0.2) is 29.6 Å². The summed E-state index contributed by atoms with van der Waals surface area (Å²) in [5.41, 5.74) is 2.81. The Morgan fingerprint density at radius 1 is 1.20 bits per heavy atom. The molecule has 0 spiro atoms. The highest BCUT2D eigenvalue weighted by molar-refractivity contribution is 7.14. The Labute approximate surface area is 150 Å². The predicted octanol–water partition coefficient (Wildman–Crippen LogP) is 3.12. The van der Waals surface area contributed by atoms with E-state index < -0.39 is 0 Å². The lowest BCUT2D eigenvalue weighted by molar-refractivity contribution is -0.117. The highest BCUT2D eigenvalue weighted by Gasteiger charge is 2.16. The fourth-order valence-corrected chi connectivity index (χ4v) is 3.99. The summed E-state index contributed by atoms with van der Waals surface area (Å²) in [6, 6.07) is 8.01. The summed E-state index contributed by atoms with van der Waals surface area (Å²) in [6.45, 7) is 2.47. The first-order chi connectivity index (χ1) is 12.2. The molecule has 1 aliphatic heterocycles. The van der Waals surface area contributed by atoms with Gasteiger partial charge in [-0.25, -0.2) is 9.97 Å². The van der Waals surface area contributed by atoms with Gasteiger partial charge in [-0.1, -0.05) is 18.6 Å². The lowest BCUT2D eigenvalue weighted by Gasteiger charge is -2.25. The Kier molecular flexibility index (Phi) is 4.50. The molecule has 0 bridgehead atoms. The molecule has 1 aromatic carbocycles. The number of anilines is 1. The molecule has 25 heavy (non-hydrogen) atoms. The number of hydrogen-bond acceptors (Lipinski definition) is 5. The number of benzene rings is 1. The average molecular weight is 355 g/mol. The van der Waals surface area contributed by atoms with E-state index in [0.29, 0.717) is 11.7 Å². The van der Waals surface area contributed by atoms with Crippen LogP contribution in [0.5, 0.6) is 0 Å². The Morgan fingerprint density at radius 3 is 2.80 bits per heavy atom. The molecule has 0 atom stereocenters. The van der Waals surface area contributed by atoms with Gasteiger partial charge in [-0.3, -0.25) is 9.69 Å². The van der Waals surface area contributed by atoms with Crippen LogP contribution in [0.25, 0.3) is 22.6 Å². The molecule has 4 rings (SSSR count). The van der Waals surface area contributed by atoms with Gasteiger partial charge in [0.05, 0.1) is 17.6 Å². The molecule has 7 heteroatoms. The monoisotopic (exact) mass is 355 g/mol. The smallest absolute Gasteiger partial charge is 0.240 e. The Morgan fingerprint density at radius 2 is 2.00 bits per heavy atom. The molecule has 6 nitrogen and oxygen atoms in total. The summed E-state index contributed by atoms with van der Waals surface area (Å²) in [7, 11) is 1.98. The third-order valence-corrected chi connectivity index (χ3v) is 5.34. The summed E-state index contributed by atoms with van der Waals surface area (Å²) in [6.07, 6.45) is 3.63. The number of hydrogen-bond donors (Lipinski definition) is 1. The lowest BCUT2D eigenvalue weighted by atomic mass is 10.1. The number of nitrogens with zero attached hydrogens (tertiary/aromatic N) is 4. The molecule has 0 saturated carbocycles. The fourth-order valence-electron chi connectivity index (χ4n) is 3.29. The quantitative estimate of drug-likeness (QED) is 0.781. The number of nitrogens with one attached hydrogen (secondary N) is 1. The van der Waals surface area contributed by atoms with Crippen molar-refractivity contribution in [2.24, 2.45) is 7.05 Å². The number of imidazole rings is 1. The van der Waals surface area contributed by atoms with Crippen LogP contribution in [0.3, 0.4) is 0 Å². The van der Waals surface area contributed by atoms with Crippen LogP contribution in [-0.4, -0.2) is 45.0 Å². The second-order valence-electron chi connectivity index (χ2n) is 6.41. The van der Waals surface area contributed by atoms with Crippen LogP contribution >= 0.6 is 11.3 Å². The molecule has 1 saturated heterocycles. The lowest BCUT2D eigenvalue weighted by Crippen LogP contribution is -2.36. The molecular formula is C18H21N5OS. The highest BCUT2D eigenvalue weighted by atomic mass is 32.1. The van der Waals surface area contributed by atoms with Crippen LogP contribution in [0, 0.1) is 0 Å². The average Bonchev–Trinajstić information content (AvgIpc) is 3.21. The van der Waals surface area contributed by atoms with Gasteiger partial charge < -0.3 is 9.88 Å². The number of likely N-dealkylation sites (tertiary alicyclic amines) is 1. The Hall–Kier alpha value is -2.25. The van der Waals surface area contributed by atoms with Crippen molar-refractivity contribution < 1.29 is 4.79 Å². The summed E-state index contributed by atoms with van der Waals surface area (Å²) in [5, 5.41) is 5.49. The highest BCUT2D eigenvalue weighted by Crippen LogP contribution is 2.27. The van der Waals surface area contributed by atoms with Crippen molar-refractivity contribution in [1.29, 1.82) is 0 Å². The van der Waals surface area contributed by atoms with E-state index in [1.807, 2.05) is 41.3 Å². The van der Waals surface area contributed by atoms with E-state index >= 15 is 0 Å². The van der Waals surface area contributed by atoms with Crippen LogP contribution in [0.4, 0.5) is 5.13 Å². The topological polar surface area (TPSA) is 63.1 Å². The van der Waals surface area contributed by atoms with Gasteiger partial charge in [0, 0.05) is 12.4 Å². The van der Waals surface area contributed by atoms with E-state index in [1.54, 1.807) is 0 Å². The van der Waals surface area contributed by atoms with Crippen molar-refractivity contribution in [2.45, 2.75) is 19.3 Å². The molecule has 2 aromatic heterocycles. The zero-order valence-corrected chi connectivity index (χ0v) is 15.1. The SMILES string of the molecule is Cn1c(-c2csc(NC(=O)CN3CCCCC3)n2)nc2ccccc21. The molecule has 3 aromatic rings. The van der Waals surface area contributed by atoms with E-state index in [1.165, 1.54) is 30.6 Å². The standard InChI is InChI=1S/C18H21N5OS/c1-22-15-8-4-3-7-13(15)19-17(22)14-12-25-18(20-14)21-16(24)11-23-9-5-2-6-10-23/h3-4,7-8,12H,2,5-6,9-11H2,1H3,(H,20,21,24). The van der Waals surface area contributed by atoms with Crippen molar-refractivity contribution >= 4 is 33.4 Å². The minimum Gasteiger partial charge on any atom is -0.326 e. The van der Waals surface area contributed by atoms with Crippen LogP contribution in [0.2, 0.25) is 0 Å². The first kappa shape index (κ1) is 16.2. The molecular weight excluding hydrogens is 334 g/mol. The third kappa shape index (κ3) is 3.43. The van der Waals surface area contributed by atoms with Gasteiger partial charge in [-0.2, -0.15) is 0 Å². The molecule has 1 amide bonds. The second kappa shape index (κ2) is 6.93. The number of para-hydroxylation sites is 2. The normalized spacial score (nSPS) is 15.6. The number of piperidine rings is 1. The molecule has 130 valence electrons. The molecule has 0 radical (unpaired) electrons. The van der Waals surface area contributed by atoms with Gasteiger partial charge >= 0.3 is 0 Å². The van der Waals surface area contributed by atoms with Gasteiger partial charge in [-0.15, -0.1) is 11.3 Å². The van der Waals surface area contributed by atoms with Gasteiger partial charge in [0.15, 0.2) is 11.0 Å². The molecule has 1 N–H and O–H groups in total. The Balaban J connectivity index is 1.47. The number of amides is 1. The minimum atomic E-state index is 0.00722. The number of aryl methyl sites for hydroxylation is 1. The van der Waals surface area contributed by atoms with Crippen molar-refractivity contribution in [1.82, 2.24) is 19.4 Å². The van der Waals surface area contributed by atoms with Crippen molar-refractivity contribution in [2.75, 3.05) is 25.0 Å². The zero-order valence-electron chi connectivity index (χ0n) is 14.2. The summed E-state index contributed by atoms with van der Waals surface area (Å²) >= 11 is 1.44. The first-order valence-corrected chi connectivity index (χ1v) is 9.48. The summed E-state index contributed by atoms with van der Waals surface area (Å²) < 4.78 is 2.03. The third-order valence-electron chi connectivity index (χ3n) is 4.58. The fraction of sp³-hybridized carbons (Fsp3) is 0.389. The molecule has 0 unspecified atom stereocenters. The minimum absolute atomic E-state index is 0.00722. The van der Waals surface area contributed by atoms with E-state index in [-0.39, 0.29) is 5.91 Å². The van der Waals surface area contributed by atoms with Crippen LogP contribution in [0.1, 0.15) is 19.3 Å². The van der Waals surface area contributed by atoms with Crippen LogP contribution < -0.4 is 5.32 Å². The van der Waals surface area contributed by atoms with E-state index in [2.05, 4.69) is 20.2 Å². The molecule has 1 fully saturated rings. The number of thiazole rings is 1. The van der Waals surface area contributed by atoms with Crippen LogP contribution in [-0.2, 0) is 11.8 Å².